The molecule has 0 aliphatic heterocycles. The summed E-state index contributed by atoms with van der Waals surface area (Å²) >= 11 is 12.1. The van der Waals surface area contributed by atoms with Gasteiger partial charge in [0.1, 0.15) is 24.0 Å². The minimum absolute atomic E-state index is 0.0943. The van der Waals surface area contributed by atoms with Crippen molar-refractivity contribution in [3.63, 3.8) is 0 Å². The number of rotatable bonds is 7. The average Bonchev–Trinajstić information content (AvgIpc) is 2.78. The lowest BCUT2D eigenvalue weighted by Crippen LogP contribution is -2.13. The summed E-state index contributed by atoms with van der Waals surface area (Å²) in [5, 5.41) is 21.8. The number of carboxylic acids is 1. The minimum atomic E-state index is -0.997. The van der Waals surface area contributed by atoms with Crippen molar-refractivity contribution >= 4 is 46.8 Å². The van der Waals surface area contributed by atoms with Crippen LogP contribution in [0.2, 0.25) is 10.0 Å². The number of nitriles is 1. The summed E-state index contributed by atoms with van der Waals surface area (Å²) in [4.78, 5) is 23.3. The van der Waals surface area contributed by atoms with Crippen molar-refractivity contribution in [2.45, 2.75) is 6.61 Å². The third-order valence-corrected chi connectivity index (χ3v) is 4.88. The van der Waals surface area contributed by atoms with E-state index < -0.39 is 11.9 Å². The predicted octanol–water partition coefficient (Wildman–Crippen LogP) is 5.82. The van der Waals surface area contributed by atoms with Crippen LogP contribution in [0.3, 0.4) is 0 Å². The number of ether oxygens (including phenoxy) is 1. The zero-order chi connectivity index (χ0) is 23.1. The molecule has 0 fully saturated rings. The van der Waals surface area contributed by atoms with Crippen LogP contribution in [0.15, 0.2) is 72.3 Å². The van der Waals surface area contributed by atoms with Crippen molar-refractivity contribution in [1.29, 1.82) is 5.26 Å². The molecule has 0 aromatic heterocycles. The Hall–Kier alpha value is -3.79. The van der Waals surface area contributed by atoms with Gasteiger partial charge < -0.3 is 15.2 Å². The average molecular weight is 467 g/mol. The SMILES string of the molecule is N#C/C(=C\c1ccc(OCc2ccc(C(=O)O)cc2)c(Cl)c1)C(=O)Nc1ccc(Cl)cc1. The van der Waals surface area contributed by atoms with Gasteiger partial charge in [0.15, 0.2) is 0 Å². The number of halogens is 2. The highest BCUT2D eigenvalue weighted by molar-refractivity contribution is 6.32. The Morgan fingerprint density at radius 3 is 2.31 bits per heavy atom. The molecular weight excluding hydrogens is 451 g/mol. The highest BCUT2D eigenvalue weighted by atomic mass is 35.5. The van der Waals surface area contributed by atoms with Gasteiger partial charge in [-0.2, -0.15) is 5.26 Å². The fourth-order valence-corrected chi connectivity index (χ4v) is 3.04. The van der Waals surface area contributed by atoms with E-state index >= 15 is 0 Å². The predicted molar refractivity (Wildman–Crippen MR) is 123 cm³/mol. The lowest BCUT2D eigenvalue weighted by molar-refractivity contribution is -0.112. The number of hydrogen-bond donors (Lipinski definition) is 2. The van der Waals surface area contributed by atoms with E-state index in [0.717, 1.165) is 5.56 Å². The second-order valence-electron chi connectivity index (χ2n) is 6.61. The summed E-state index contributed by atoms with van der Waals surface area (Å²) in [6, 6.07) is 19.6. The number of carbonyl (C=O) groups excluding carboxylic acids is 1. The molecule has 0 spiro atoms. The van der Waals surface area contributed by atoms with Crippen LogP contribution in [-0.4, -0.2) is 17.0 Å². The van der Waals surface area contributed by atoms with Gasteiger partial charge in [-0.3, -0.25) is 4.79 Å². The van der Waals surface area contributed by atoms with Crippen molar-refractivity contribution in [1.82, 2.24) is 0 Å². The van der Waals surface area contributed by atoms with E-state index in [-0.39, 0.29) is 17.7 Å². The van der Waals surface area contributed by atoms with E-state index in [2.05, 4.69) is 5.32 Å². The maximum Gasteiger partial charge on any atom is 0.335 e. The van der Waals surface area contributed by atoms with Gasteiger partial charge in [-0.1, -0.05) is 41.4 Å². The van der Waals surface area contributed by atoms with E-state index in [1.807, 2.05) is 6.07 Å². The molecule has 3 rings (SSSR count). The van der Waals surface area contributed by atoms with Crippen molar-refractivity contribution in [3.8, 4) is 11.8 Å². The topological polar surface area (TPSA) is 99.4 Å². The van der Waals surface area contributed by atoms with E-state index in [0.29, 0.717) is 27.0 Å². The summed E-state index contributed by atoms with van der Waals surface area (Å²) in [6.45, 7) is 0.196. The first-order valence-corrected chi connectivity index (χ1v) is 10.0. The van der Waals surface area contributed by atoms with E-state index in [4.69, 9.17) is 33.0 Å². The molecule has 8 heteroatoms. The first-order valence-electron chi connectivity index (χ1n) is 9.29. The molecule has 1 amide bonds. The molecule has 3 aromatic carbocycles. The quantitative estimate of drug-likeness (QED) is 0.337. The first-order chi connectivity index (χ1) is 15.4. The third-order valence-electron chi connectivity index (χ3n) is 4.33. The molecule has 0 heterocycles. The second-order valence-corrected chi connectivity index (χ2v) is 7.46. The fraction of sp³-hybridized carbons (Fsp3) is 0.0417. The largest absolute Gasteiger partial charge is 0.487 e. The third kappa shape index (κ3) is 6.11. The summed E-state index contributed by atoms with van der Waals surface area (Å²) in [6.07, 6.45) is 1.42. The number of amides is 1. The van der Waals surface area contributed by atoms with E-state index in [9.17, 15) is 14.9 Å². The number of carbonyl (C=O) groups is 2. The molecule has 0 aliphatic carbocycles. The van der Waals surface area contributed by atoms with Crippen LogP contribution in [0.4, 0.5) is 5.69 Å². The lowest BCUT2D eigenvalue weighted by Gasteiger charge is -2.09. The van der Waals surface area contributed by atoms with Gasteiger partial charge >= 0.3 is 5.97 Å². The molecule has 0 atom stereocenters. The monoisotopic (exact) mass is 466 g/mol. The maximum absolute atomic E-state index is 12.4. The van der Waals surface area contributed by atoms with Gasteiger partial charge in [0.05, 0.1) is 10.6 Å². The number of nitrogens with one attached hydrogen (secondary N) is 1. The first kappa shape index (κ1) is 22.9. The number of anilines is 1. The highest BCUT2D eigenvalue weighted by Gasteiger charge is 2.11. The molecule has 0 bridgehead atoms. The zero-order valence-electron chi connectivity index (χ0n) is 16.5. The molecule has 2 N–H and O–H groups in total. The van der Waals surface area contributed by atoms with Gasteiger partial charge in [-0.15, -0.1) is 0 Å². The molecule has 0 unspecified atom stereocenters. The Morgan fingerprint density at radius 2 is 1.72 bits per heavy atom. The van der Waals surface area contributed by atoms with Crippen LogP contribution < -0.4 is 10.1 Å². The van der Waals surface area contributed by atoms with E-state index in [1.165, 1.54) is 18.2 Å². The van der Waals surface area contributed by atoms with Crippen molar-refractivity contribution in [2.75, 3.05) is 5.32 Å². The molecule has 0 radical (unpaired) electrons. The number of carboxylic acid groups (broad SMARTS) is 1. The van der Waals surface area contributed by atoms with Crippen LogP contribution in [0.5, 0.6) is 5.75 Å². The molecule has 32 heavy (non-hydrogen) atoms. The van der Waals surface area contributed by atoms with Crippen molar-refractivity contribution < 1.29 is 19.4 Å². The van der Waals surface area contributed by atoms with Gasteiger partial charge in [0.25, 0.3) is 5.91 Å². The second kappa shape index (κ2) is 10.5. The number of benzene rings is 3. The molecule has 3 aromatic rings. The van der Waals surface area contributed by atoms with Gasteiger partial charge in [-0.05, 0) is 65.7 Å². The van der Waals surface area contributed by atoms with Crippen LogP contribution in [0.25, 0.3) is 6.08 Å². The molecule has 160 valence electrons. The Kier molecular flexibility index (Phi) is 7.50. The number of nitrogens with zero attached hydrogens (tertiary/aromatic N) is 1. The van der Waals surface area contributed by atoms with Crippen LogP contribution in [-0.2, 0) is 11.4 Å². The Morgan fingerprint density at radius 1 is 1.03 bits per heavy atom. The Bertz CT molecular complexity index is 1210. The summed E-state index contributed by atoms with van der Waals surface area (Å²) < 4.78 is 5.69. The Labute approximate surface area is 194 Å². The molecule has 0 saturated heterocycles. The highest BCUT2D eigenvalue weighted by Crippen LogP contribution is 2.27. The van der Waals surface area contributed by atoms with E-state index in [1.54, 1.807) is 54.6 Å². The summed E-state index contributed by atoms with van der Waals surface area (Å²) in [5.74, 6) is -1.14. The van der Waals surface area contributed by atoms with Crippen LogP contribution in [0.1, 0.15) is 21.5 Å². The fourth-order valence-electron chi connectivity index (χ4n) is 2.68. The van der Waals surface area contributed by atoms with Crippen LogP contribution >= 0.6 is 23.2 Å². The number of aromatic carboxylic acids is 1. The van der Waals surface area contributed by atoms with Gasteiger partial charge in [0, 0.05) is 10.7 Å². The minimum Gasteiger partial charge on any atom is -0.487 e. The lowest BCUT2D eigenvalue weighted by atomic mass is 10.1. The molecule has 0 aliphatic rings. The standard InChI is InChI=1S/C24H16Cl2N2O4/c25-19-6-8-20(9-7-19)28-23(29)18(13-27)11-16-3-10-22(21(26)12-16)32-14-15-1-4-17(5-2-15)24(30)31/h1-12H,14H2,(H,28,29)(H,30,31)/b18-11+. The van der Waals surface area contributed by atoms with Gasteiger partial charge in [-0.25, -0.2) is 4.79 Å². The zero-order valence-corrected chi connectivity index (χ0v) is 18.0. The molecular formula is C24H16Cl2N2O4. The van der Waals surface area contributed by atoms with Gasteiger partial charge in [0.2, 0.25) is 0 Å². The van der Waals surface area contributed by atoms with Crippen molar-refractivity contribution in [3.05, 3.63) is 99.0 Å². The Balaban J connectivity index is 1.67. The summed E-state index contributed by atoms with van der Waals surface area (Å²) in [7, 11) is 0. The normalized spacial score (nSPS) is 10.8. The summed E-state index contributed by atoms with van der Waals surface area (Å²) in [5.41, 5.74) is 1.94. The van der Waals surface area contributed by atoms with Crippen LogP contribution in [0, 0.1) is 11.3 Å². The number of hydrogen-bond acceptors (Lipinski definition) is 4. The molecule has 0 saturated carbocycles. The van der Waals surface area contributed by atoms with Crippen molar-refractivity contribution in [2.24, 2.45) is 0 Å². The molecule has 6 nitrogen and oxygen atoms in total. The smallest absolute Gasteiger partial charge is 0.335 e. The maximum atomic E-state index is 12.4.